The molecule has 0 aliphatic heterocycles. The first kappa shape index (κ1) is 17.1. The van der Waals surface area contributed by atoms with E-state index < -0.39 is 0 Å². The quantitative estimate of drug-likeness (QED) is 0.802. The van der Waals surface area contributed by atoms with Gasteiger partial charge >= 0.3 is 0 Å². The molecule has 1 heterocycles. The summed E-state index contributed by atoms with van der Waals surface area (Å²) in [6.45, 7) is 4.67. The van der Waals surface area contributed by atoms with Crippen molar-refractivity contribution in [2.75, 3.05) is 13.6 Å². The average molecular weight is 382 g/mol. The van der Waals surface area contributed by atoms with Crippen LogP contribution in [0.15, 0.2) is 28.7 Å². The number of rotatable bonds is 6. The minimum Gasteiger partial charge on any atom is -0.349 e. The van der Waals surface area contributed by atoms with Gasteiger partial charge in [0.2, 0.25) is 5.91 Å². The number of benzene rings is 1. The molecule has 0 aliphatic rings. The first-order valence-corrected chi connectivity index (χ1v) is 8.80. The van der Waals surface area contributed by atoms with Crippen LogP contribution in [-0.4, -0.2) is 24.5 Å². The van der Waals surface area contributed by atoms with E-state index in [2.05, 4.69) is 31.5 Å². The van der Waals surface area contributed by atoms with E-state index in [1.54, 1.807) is 11.3 Å². The van der Waals surface area contributed by atoms with Crippen LogP contribution in [0.5, 0.6) is 0 Å². The van der Waals surface area contributed by atoms with Gasteiger partial charge in [0.25, 0.3) is 0 Å². The van der Waals surface area contributed by atoms with Crippen molar-refractivity contribution in [3.8, 4) is 10.6 Å². The number of hydrogen-bond donors (Lipinski definition) is 2. The Kier molecular flexibility index (Phi) is 6.11. The Bertz CT molecular complexity index is 657. The zero-order valence-corrected chi connectivity index (χ0v) is 15.3. The van der Waals surface area contributed by atoms with Crippen LogP contribution in [0.2, 0.25) is 0 Å². The van der Waals surface area contributed by atoms with E-state index in [9.17, 15) is 4.79 Å². The molecule has 1 aromatic heterocycles. The highest BCUT2D eigenvalue weighted by molar-refractivity contribution is 9.10. The summed E-state index contributed by atoms with van der Waals surface area (Å²) < 4.78 is 1.03. The number of nitrogens with one attached hydrogen (secondary N) is 2. The van der Waals surface area contributed by atoms with Crippen molar-refractivity contribution in [1.29, 1.82) is 0 Å². The topological polar surface area (TPSA) is 54.0 Å². The van der Waals surface area contributed by atoms with Crippen molar-refractivity contribution in [3.63, 3.8) is 0 Å². The second-order valence-corrected chi connectivity index (χ2v) is 6.98. The number of carbonyl (C=O) groups excluding carboxylic acids is 1. The molecule has 0 saturated heterocycles. The third kappa shape index (κ3) is 4.15. The van der Waals surface area contributed by atoms with E-state index in [-0.39, 0.29) is 11.9 Å². The molecule has 1 amide bonds. The molecular weight excluding hydrogens is 362 g/mol. The zero-order valence-electron chi connectivity index (χ0n) is 12.9. The maximum Gasteiger partial charge on any atom is 0.221 e. The molecule has 2 aromatic rings. The van der Waals surface area contributed by atoms with Crippen LogP contribution in [0.3, 0.4) is 0 Å². The second kappa shape index (κ2) is 7.85. The lowest BCUT2D eigenvalue weighted by atomic mass is 10.2. The maximum absolute atomic E-state index is 11.9. The minimum absolute atomic E-state index is 0.0295. The molecule has 2 N–H and O–H groups in total. The highest BCUT2D eigenvalue weighted by Gasteiger charge is 2.17. The Hall–Kier alpha value is -1.24. The van der Waals surface area contributed by atoms with Gasteiger partial charge in [-0.3, -0.25) is 4.79 Å². The number of hydrogen-bond acceptors (Lipinski definition) is 4. The van der Waals surface area contributed by atoms with Crippen LogP contribution in [0.25, 0.3) is 10.6 Å². The van der Waals surface area contributed by atoms with E-state index >= 15 is 0 Å². The molecule has 6 heteroatoms. The van der Waals surface area contributed by atoms with Gasteiger partial charge in [-0.1, -0.05) is 34.1 Å². The molecule has 0 fully saturated rings. The van der Waals surface area contributed by atoms with Crippen molar-refractivity contribution in [1.82, 2.24) is 15.6 Å². The molecule has 0 spiro atoms. The van der Waals surface area contributed by atoms with Gasteiger partial charge in [-0.15, -0.1) is 11.3 Å². The number of aromatic nitrogens is 1. The second-order valence-electron chi connectivity index (χ2n) is 5.09. The number of thiazole rings is 1. The summed E-state index contributed by atoms with van der Waals surface area (Å²) in [4.78, 5) is 17.6. The number of amides is 1. The van der Waals surface area contributed by atoms with E-state index in [4.69, 9.17) is 0 Å². The van der Waals surface area contributed by atoms with E-state index in [0.717, 1.165) is 25.6 Å². The summed E-state index contributed by atoms with van der Waals surface area (Å²) in [6.07, 6.45) is 0.482. The van der Waals surface area contributed by atoms with E-state index in [1.165, 1.54) is 0 Å². The monoisotopic (exact) mass is 381 g/mol. The summed E-state index contributed by atoms with van der Waals surface area (Å²) in [5.74, 6) is 0.0529. The summed E-state index contributed by atoms with van der Waals surface area (Å²) in [6, 6.07) is 8.01. The van der Waals surface area contributed by atoms with Gasteiger partial charge in [0.1, 0.15) is 5.01 Å². The van der Waals surface area contributed by atoms with Crippen molar-refractivity contribution in [2.24, 2.45) is 0 Å². The highest BCUT2D eigenvalue weighted by Crippen LogP contribution is 2.35. The van der Waals surface area contributed by atoms with Crippen LogP contribution in [0.4, 0.5) is 0 Å². The van der Waals surface area contributed by atoms with Gasteiger partial charge in [-0.2, -0.15) is 0 Å². The maximum atomic E-state index is 11.9. The fraction of sp³-hybridized carbons (Fsp3) is 0.375. The molecule has 2 rings (SSSR count). The van der Waals surface area contributed by atoms with Crippen LogP contribution in [0, 0.1) is 6.92 Å². The average Bonchev–Trinajstić information content (AvgIpc) is 2.87. The molecule has 1 unspecified atom stereocenters. The Balaban J connectivity index is 2.16. The van der Waals surface area contributed by atoms with Gasteiger partial charge in [0.15, 0.2) is 0 Å². The first-order chi connectivity index (χ1) is 10.5. The Labute approximate surface area is 143 Å². The standard InChI is InChI=1S/C16H20BrN3OS/c1-10(19-14(21)8-9-18-3)15-11(2)20-16(22-15)12-6-4-5-7-13(12)17/h4-7,10,18H,8-9H2,1-3H3,(H,19,21). The van der Waals surface area contributed by atoms with Gasteiger partial charge in [-0.25, -0.2) is 4.98 Å². The zero-order chi connectivity index (χ0) is 16.1. The van der Waals surface area contributed by atoms with Gasteiger partial charge in [0, 0.05) is 23.0 Å². The van der Waals surface area contributed by atoms with Crippen molar-refractivity contribution < 1.29 is 4.79 Å². The summed E-state index contributed by atoms with van der Waals surface area (Å²) in [5, 5.41) is 6.98. The normalized spacial score (nSPS) is 12.2. The molecular formula is C16H20BrN3OS. The van der Waals surface area contributed by atoms with E-state index in [1.807, 2.05) is 45.2 Å². The first-order valence-electron chi connectivity index (χ1n) is 7.19. The fourth-order valence-electron chi connectivity index (χ4n) is 2.18. The van der Waals surface area contributed by atoms with Crippen molar-refractivity contribution in [2.45, 2.75) is 26.3 Å². The van der Waals surface area contributed by atoms with Crippen LogP contribution >= 0.6 is 27.3 Å². The lowest BCUT2D eigenvalue weighted by Gasteiger charge is -2.12. The Morgan fingerprint density at radius 2 is 2.14 bits per heavy atom. The van der Waals surface area contributed by atoms with Gasteiger partial charge < -0.3 is 10.6 Å². The summed E-state index contributed by atoms with van der Waals surface area (Å²) >= 11 is 5.19. The minimum atomic E-state index is -0.0295. The van der Waals surface area contributed by atoms with Gasteiger partial charge in [-0.05, 0) is 27.0 Å². The number of nitrogens with zero attached hydrogens (tertiary/aromatic N) is 1. The van der Waals surface area contributed by atoms with Crippen LogP contribution in [0.1, 0.15) is 30.0 Å². The molecule has 1 atom stereocenters. The number of aryl methyl sites for hydroxylation is 1. The predicted molar refractivity (Wildman–Crippen MR) is 95.1 cm³/mol. The summed E-state index contributed by atoms with van der Waals surface area (Å²) in [7, 11) is 1.84. The highest BCUT2D eigenvalue weighted by atomic mass is 79.9. The smallest absolute Gasteiger partial charge is 0.221 e. The van der Waals surface area contributed by atoms with Crippen LogP contribution in [-0.2, 0) is 4.79 Å². The van der Waals surface area contributed by atoms with Crippen LogP contribution < -0.4 is 10.6 Å². The molecule has 1 aromatic carbocycles. The van der Waals surface area contributed by atoms with Crippen molar-refractivity contribution in [3.05, 3.63) is 39.3 Å². The number of halogens is 1. The van der Waals surface area contributed by atoms with E-state index in [0.29, 0.717) is 13.0 Å². The molecule has 0 aliphatic carbocycles. The van der Waals surface area contributed by atoms with Crippen molar-refractivity contribution >= 4 is 33.2 Å². The lowest BCUT2D eigenvalue weighted by Crippen LogP contribution is -2.28. The largest absolute Gasteiger partial charge is 0.349 e. The molecule has 22 heavy (non-hydrogen) atoms. The third-order valence-corrected chi connectivity index (χ3v) is 5.37. The Morgan fingerprint density at radius 1 is 1.41 bits per heavy atom. The molecule has 0 saturated carbocycles. The predicted octanol–water partition coefficient (Wildman–Crippen LogP) is 3.67. The van der Waals surface area contributed by atoms with Gasteiger partial charge in [0.05, 0.1) is 16.6 Å². The Morgan fingerprint density at radius 3 is 2.82 bits per heavy atom. The molecule has 118 valence electrons. The lowest BCUT2D eigenvalue weighted by molar-refractivity contribution is -0.121. The SMILES string of the molecule is CNCCC(=O)NC(C)c1sc(-c2ccccc2Br)nc1C. The molecule has 0 bridgehead atoms. The summed E-state index contributed by atoms with van der Waals surface area (Å²) in [5.41, 5.74) is 2.05. The third-order valence-electron chi connectivity index (χ3n) is 3.31. The fourth-order valence-corrected chi connectivity index (χ4v) is 3.89. The number of carbonyl (C=O) groups is 1. The molecule has 4 nitrogen and oxygen atoms in total. The molecule has 0 radical (unpaired) electrons.